The Balaban J connectivity index is 1.24. The summed E-state index contributed by atoms with van der Waals surface area (Å²) in [6.07, 6.45) is 10.5. The Kier molecular flexibility index (Phi) is 5.11. The van der Waals surface area contributed by atoms with Crippen LogP contribution in [0.5, 0.6) is 0 Å². The minimum atomic E-state index is -0.358. The fourth-order valence-electron chi connectivity index (χ4n) is 5.47. The zero-order valence-corrected chi connectivity index (χ0v) is 17.1. The molecule has 0 aromatic carbocycles. The highest BCUT2D eigenvalue weighted by atomic mass is 16.3. The van der Waals surface area contributed by atoms with Crippen LogP contribution in [-0.4, -0.2) is 23.9 Å². The first-order valence-corrected chi connectivity index (χ1v) is 10.7. The molecule has 1 unspecified atom stereocenters. The predicted octanol–water partition coefficient (Wildman–Crippen LogP) is 3.75. The smallest absolute Gasteiger partial charge is 0.220 e. The van der Waals surface area contributed by atoms with E-state index in [1.807, 2.05) is 12.1 Å². The van der Waals surface area contributed by atoms with Crippen LogP contribution in [0.3, 0.4) is 0 Å². The monoisotopic (exact) mass is 384 g/mol. The minimum absolute atomic E-state index is 0.0672. The third kappa shape index (κ3) is 3.76. The molecule has 4 aliphatic rings. The van der Waals surface area contributed by atoms with Gasteiger partial charge in [0.15, 0.2) is 0 Å². The molecule has 5 rings (SSSR count). The average molecular weight is 385 g/mol. The Morgan fingerprint density at radius 3 is 2.89 bits per heavy atom. The van der Waals surface area contributed by atoms with Gasteiger partial charge in [0.05, 0.1) is 6.26 Å². The number of amides is 2. The highest BCUT2D eigenvalue weighted by molar-refractivity contribution is 5.80. The minimum Gasteiger partial charge on any atom is -0.469 e. The van der Waals surface area contributed by atoms with Crippen LogP contribution in [0.25, 0.3) is 0 Å². The summed E-state index contributed by atoms with van der Waals surface area (Å²) in [6, 6.07) is 3.79. The highest BCUT2D eigenvalue weighted by Crippen LogP contribution is 2.59. The molecule has 1 saturated carbocycles. The molecule has 0 spiro atoms. The van der Waals surface area contributed by atoms with E-state index >= 15 is 0 Å². The van der Waals surface area contributed by atoms with Gasteiger partial charge in [-0.1, -0.05) is 25.5 Å². The number of nitrogens with one attached hydrogen (secondary N) is 2. The predicted molar refractivity (Wildman–Crippen MR) is 107 cm³/mol. The lowest BCUT2D eigenvalue weighted by atomic mass is 9.48. The van der Waals surface area contributed by atoms with E-state index in [-0.39, 0.29) is 17.4 Å². The van der Waals surface area contributed by atoms with Gasteiger partial charge in [-0.25, -0.2) is 0 Å². The SMILES string of the molecule is CC1(C)[C@H]2CC=C(CCNC(=O)CCC3(Cc4ccco4)CCC(=O)N3)[C@@H]1C2. The molecular formula is C23H32N2O3. The summed E-state index contributed by atoms with van der Waals surface area (Å²) in [4.78, 5) is 24.2. The Morgan fingerprint density at radius 1 is 1.39 bits per heavy atom. The molecule has 0 radical (unpaired) electrons. The second kappa shape index (κ2) is 7.41. The van der Waals surface area contributed by atoms with Crippen molar-refractivity contribution in [3.63, 3.8) is 0 Å². The maximum atomic E-state index is 12.4. The number of hydrogen-bond donors (Lipinski definition) is 2. The quantitative estimate of drug-likeness (QED) is 0.671. The van der Waals surface area contributed by atoms with E-state index in [4.69, 9.17) is 4.42 Å². The third-order valence-corrected chi connectivity index (χ3v) is 7.48. The fraction of sp³-hybridized carbons (Fsp3) is 0.652. The molecular weight excluding hydrogens is 352 g/mol. The largest absolute Gasteiger partial charge is 0.469 e. The molecule has 2 amide bonds. The van der Waals surface area contributed by atoms with E-state index in [1.165, 1.54) is 18.4 Å². The molecule has 2 heterocycles. The van der Waals surface area contributed by atoms with Crippen LogP contribution < -0.4 is 10.6 Å². The van der Waals surface area contributed by atoms with Crippen LogP contribution >= 0.6 is 0 Å². The number of carbonyl (C=O) groups excluding carboxylic acids is 2. The van der Waals surface area contributed by atoms with E-state index < -0.39 is 0 Å². The standard InChI is InChI=1S/C23H32N2O3/c1-22(2)17-6-5-16(19(22)14-17)9-12-24-20(26)7-10-23(11-8-21(27)25-23)15-18-4-3-13-28-18/h3-5,13,17,19H,6-12,14-15H2,1-2H3,(H,24,26)(H,25,27)/t17-,19-,23?/m0/s1. The Morgan fingerprint density at radius 2 is 2.25 bits per heavy atom. The number of fused-ring (bicyclic) bond motifs is 1. The van der Waals surface area contributed by atoms with Gasteiger partial charge >= 0.3 is 0 Å². The summed E-state index contributed by atoms with van der Waals surface area (Å²) >= 11 is 0. The van der Waals surface area contributed by atoms with Crippen molar-refractivity contribution in [2.24, 2.45) is 17.3 Å². The number of rotatable bonds is 8. The van der Waals surface area contributed by atoms with Gasteiger partial charge in [0.2, 0.25) is 11.8 Å². The lowest BCUT2D eigenvalue weighted by Crippen LogP contribution is -2.48. The van der Waals surface area contributed by atoms with Crippen LogP contribution in [0, 0.1) is 17.3 Å². The third-order valence-electron chi connectivity index (χ3n) is 7.48. The second-order valence-corrected chi connectivity index (χ2v) is 9.51. The number of hydrogen-bond acceptors (Lipinski definition) is 3. The van der Waals surface area contributed by atoms with E-state index in [9.17, 15) is 9.59 Å². The van der Waals surface area contributed by atoms with Crippen molar-refractivity contribution in [1.29, 1.82) is 0 Å². The number of furan rings is 1. The summed E-state index contributed by atoms with van der Waals surface area (Å²) in [5.41, 5.74) is 1.61. The summed E-state index contributed by atoms with van der Waals surface area (Å²) < 4.78 is 5.47. The van der Waals surface area contributed by atoms with Crippen molar-refractivity contribution in [2.45, 2.75) is 70.8 Å². The number of carbonyl (C=O) groups is 2. The molecule has 2 N–H and O–H groups in total. The van der Waals surface area contributed by atoms with Crippen LogP contribution in [0.15, 0.2) is 34.5 Å². The zero-order chi connectivity index (χ0) is 19.8. The van der Waals surface area contributed by atoms with Crippen molar-refractivity contribution in [1.82, 2.24) is 10.6 Å². The summed E-state index contributed by atoms with van der Waals surface area (Å²) in [5.74, 6) is 2.55. The van der Waals surface area contributed by atoms with Gasteiger partial charge in [-0.2, -0.15) is 0 Å². The van der Waals surface area contributed by atoms with Crippen molar-refractivity contribution in [3.05, 3.63) is 35.8 Å². The zero-order valence-electron chi connectivity index (χ0n) is 17.1. The maximum Gasteiger partial charge on any atom is 0.220 e. The average Bonchev–Trinajstić information content (AvgIpc) is 3.30. The molecule has 2 bridgehead atoms. The Hall–Kier alpha value is -2.04. The van der Waals surface area contributed by atoms with Crippen molar-refractivity contribution in [2.75, 3.05) is 6.54 Å². The normalized spacial score (nSPS) is 30.4. The first-order valence-electron chi connectivity index (χ1n) is 10.7. The van der Waals surface area contributed by atoms with Crippen LogP contribution in [0.4, 0.5) is 0 Å². The van der Waals surface area contributed by atoms with E-state index in [1.54, 1.807) is 6.26 Å². The van der Waals surface area contributed by atoms with Gasteiger partial charge in [-0.05, 0) is 61.5 Å². The van der Waals surface area contributed by atoms with Gasteiger partial charge < -0.3 is 15.1 Å². The Bertz CT molecular complexity index is 765. The van der Waals surface area contributed by atoms with Gasteiger partial charge in [0.25, 0.3) is 0 Å². The molecule has 1 aliphatic heterocycles. The maximum absolute atomic E-state index is 12.4. The second-order valence-electron chi connectivity index (χ2n) is 9.51. The van der Waals surface area contributed by atoms with Crippen LogP contribution in [0.2, 0.25) is 0 Å². The molecule has 3 atom stereocenters. The first-order chi connectivity index (χ1) is 13.4. The topological polar surface area (TPSA) is 71.3 Å². The van der Waals surface area contributed by atoms with Gasteiger partial charge in [-0.15, -0.1) is 0 Å². The summed E-state index contributed by atoms with van der Waals surface area (Å²) in [5, 5.41) is 6.19. The molecule has 1 aromatic heterocycles. The lowest BCUT2D eigenvalue weighted by molar-refractivity contribution is -0.122. The fourth-order valence-corrected chi connectivity index (χ4v) is 5.47. The van der Waals surface area contributed by atoms with Crippen molar-refractivity contribution < 1.29 is 14.0 Å². The van der Waals surface area contributed by atoms with Crippen LogP contribution in [0.1, 0.15) is 64.6 Å². The molecule has 3 aliphatic carbocycles. The van der Waals surface area contributed by atoms with Crippen molar-refractivity contribution >= 4 is 11.8 Å². The van der Waals surface area contributed by atoms with Crippen molar-refractivity contribution in [3.8, 4) is 0 Å². The van der Waals surface area contributed by atoms with E-state index in [0.717, 1.165) is 24.5 Å². The first kappa shape index (κ1) is 19.3. The molecule has 5 heteroatoms. The molecule has 2 fully saturated rings. The molecule has 1 saturated heterocycles. The van der Waals surface area contributed by atoms with Gasteiger partial charge in [0, 0.05) is 31.3 Å². The van der Waals surface area contributed by atoms with E-state index in [0.29, 0.717) is 43.6 Å². The molecule has 28 heavy (non-hydrogen) atoms. The summed E-state index contributed by atoms with van der Waals surface area (Å²) in [6.45, 7) is 5.47. The Labute approximate surface area is 167 Å². The highest BCUT2D eigenvalue weighted by Gasteiger charge is 2.50. The lowest BCUT2D eigenvalue weighted by Gasteiger charge is -2.56. The molecule has 152 valence electrons. The van der Waals surface area contributed by atoms with Crippen LogP contribution in [-0.2, 0) is 16.0 Å². The summed E-state index contributed by atoms with van der Waals surface area (Å²) in [7, 11) is 0. The van der Waals surface area contributed by atoms with Gasteiger partial charge in [0.1, 0.15) is 5.76 Å². The number of allylic oxidation sites excluding steroid dienone is 1. The van der Waals surface area contributed by atoms with Gasteiger partial charge in [-0.3, -0.25) is 9.59 Å². The molecule has 1 aromatic rings. The van der Waals surface area contributed by atoms with E-state index in [2.05, 4.69) is 30.6 Å². The molecule has 5 nitrogen and oxygen atoms in total.